The quantitative estimate of drug-likeness (QED) is 0.881. The van der Waals surface area contributed by atoms with E-state index in [1.165, 1.54) is 6.08 Å². The Bertz CT molecular complexity index is 345. The third-order valence-corrected chi connectivity index (χ3v) is 2.34. The van der Waals surface area contributed by atoms with E-state index in [1.54, 1.807) is 30.3 Å². The molecule has 0 aromatic heterocycles. The number of halogens is 4. The molecule has 0 amide bonds. The van der Waals surface area contributed by atoms with Crippen LogP contribution in [0.15, 0.2) is 34.8 Å². The molecule has 0 aliphatic heterocycles. The van der Waals surface area contributed by atoms with Crippen LogP contribution in [0.25, 0.3) is 6.08 Å². The van der Waals surface area contributed by atoms with E-state index < -0.39 is 12.3 Å². The van der Waals surface area contributed by atoms with Gasteiger partial charge >= 0.3 is 6.18 Å². The molecule has 0 bridgehead atoms. The van der Waals surface area contributed by atoms with Crippen LogP contribution < -0.4 is 0 Å². The van der Waals surface area contributed by atoms with Crippen LogP contribution in [0.4, 0.5) is 13.2 Å². The highest BCUT2D eigenvalue weighted by Gasteiger charge is 2.39. The van der Waals surface area contributed by atoms with E-state index in [9.17, 15) is 13.2 Å². The molecular weight excluding hydrogens is 273 g/mol. The first-order valence-corrected chi connectivity index (χ1v) is 4.87. The van der Waals surface area contributed by atoms with Crippen molar-refractivity contribution in [2.75, 3.05) is 0 Å². The molecule has 0 aliphatic carbocycles. The zero-order chi connectivity index (χ0) is 11.5. The molecule has 82 valence electrons. The molecule has 0 saturated carbocycles. The third-order valence-electron chi connectivity index (χ3n) is 1.68. The number of aliphatic hydroxyl groups excluding tert-OH is 1. The number of hydrogen-bond acceptors (Lipinski definition) is 1. The summed E-state index contributed by atoms with van der Waals surface area (Å²) >= 11 is 2.71. The average molecular weight is 281 g/mol. The van der Waals surface area contributed by atoms with Gasteiger partial charge < -0.3 is 5.11 Å². The van der Waals surface area contributed by atoms with Crippen LogP contribution >= 0.6 is 15.9 Å². The summed E-state index contributed by atoms with van der Waals surface area (Å²) in [6.45, 7) is 0. The van der Waals surface area contributed by atoms with Gasteiger partial charge in [0.05, 0.1) is 0 Å². The fraction of sp³-hybridized carbons (Fsp3) is 0.200. The van der Waals surface area contributed by atoms with Crippen molar-refractivity contribution in [3.8, 4) is 0 Å². The molecule has 0 aliphatic rings. The molecule has 1 N–H and O–H groups in total. The van der Waals surface area contributed by atoms with Gasteiger partial charge in [-0.25, -0.2) is 0 Å². The van der Waals surface area contributed by atoms with E-state index in [0.717, 1.165) is 0 Å². The summed E-state index contributed by atoms with van der Waals surface area (Å²) in [5.74, 6) is 0. The van der Waals surface area contributed by atoms with Gasteiger partial charge in [-0.2, -0.15) is 13.2 Å². The molecule has 5 heteroatoms. The molecule has 0 saturated heterocycles. The summed E-state index contributed by atoms with van der Waals surface area (Å²) in [7, 11) is 0. The first-order chi connectivity index (χ1) is 6.91. The summed E-state index contributed by atoms with van der Waals surface area (Å²) in [4.78, 5) is 0. The predicted octanol–water partition coefficient (Wildman–Crippen LogP) is 3.35. The van der Waals surface area contributed by atoms with Gasteiger partial charge in [0, 0.05) is 4.48 Å². The van der Waals surface area contributed by atoms with Gasteiger partial charge in [-0.1, -0.05) is 46.3 Å². The van der Waals surface area contributed by atoms with Gasteiger partial charge in [0.1, 0.15) is 0 Å². The van der Waals surface area contributed by atoms with Crippen LogP contribution in [0.1, 0.15) is 5.56 Å². The van der Waals surface area contributed by atoms with Crippen molar-refractivity contribution in [3.05, 3.63) is 40.4 Å². The molecule has 1 aromatic rings. The van der Waals surface area contributed by atoms with Crippen molar-refractivity contribution in [2.24, 2.45) is 0 Å². The Morgan fingerprint density at radius 2 is 1.80 bits per heavy atom. The first kappa shape index (κ1) is 12.3. The Morgan fingerprint density at radius 1 is 1.27 bits per heavy atom. The van der Waals surface area contributed by atoms with E-state index >= 15 is 0 Å². The lowest BCUT2D eigenvalue weighted by molar-refractivity contribution is -0.188. The second kappa shape index (κ2) is 4.81. The summed E-state index contributed by atoms with van der Waals surface area (Å²) in [5, 5.41) is 8.88. The van der Waals surface area contributed by atoms with Crippen molar-refractivity contribution < 1.29 is 18.3 Å². The largest absolute Gasteiger partial charge is 0.419 e. The first-order valence-electron chi connectivity index (χ1n) is 4.08. The normalized spacial score (nSPS) is 15.1. The Morgan fingerprint density at radius 3 is 2.27 bits per heavy atom. The van der Waals surface area contributed by atoms with Crippen LogP contribution in [-0.2, 0) is 0 Å². The van der Waals surface area contributed by atoms with Crippen molar-refractivity contribution in [1.82, 2.24) is 0 Å². The molecule has 1 aromatic carbocycles. The second-order valence-electron chi connectivity index (χ2n) is 2.88. The van der Waals surface area contributed by atoms with Gasteiger partial charge in [-0.05, 0) is 11.6 Å². The van der Waals surface area contributed by atoms with Gasteiger partial charge in [0.2, 0.25) is 0 Å². The summed E-state index contributed by atoms with van der Waals surface area (Å²) in [6, 6.07) is 8.44. The summed E-state index contributed by atoms with van der Waals surface area (Å²) in [6.07, 6.45) is -5.89. The molecule has 15 heavy (non-hydrogen) atoms. The number of hydrogen-bond donors (Lipinski definition) is 1. The lowest BCUT2D eigenvalue weighted by atomic mass is 10.2. The van der Waals surface area contributed by atoms with Crippen molar-refractivity contribution in [3.63, 3.8) is 0 Å². The standard InChI is InChI=1S/C10H8BrF3O/c11-8(9(15)10(12,13)14)6-7-4-2-1-3-5-7/h1-6,9,15H/b8-6-. The molecule has 1 atom stereocenters. The van der Waals surface area contributed by atoms with Crippen molar-refractivity contribution >= 4 is 22.0 Å². The number of rotatable bonds is 2. The van der Waals surface area contributed by atoms with Crippen LogP contribution in [0, 0.1) is 0 Å². The van der Waals surface area contributed by atoms with Gasteiger partial charge in [-0.3, -0.25) is 0 Å². The second-order valence-corrected chi connectivity index (χ2v) is 3.80. The van der Waals surface area contributed by atoms with E-state index in [0.29, 0.717) is 5.56 Å². The zero-order valence-electron chi connectivity index (χ0n) is 7.50. The van der Waals surface area contributed by atoms with Crippen LogP contribution in [0.5, 0.6) is 0 Å². The Hall–Kier alpha value is -0.810. The van der Waals surface area contributed by atoms with Gasteiger partial charge in [-0.15, -0.1) is 0 Å². The van der Waals surface area contributed by atoms with E-state index in [4.69, 9.17) is 5.11 Å². The minimum absolute atomic E-state index is 0.304. The summed E-state index contributed by atoms with van der Waals surface area (Å²) < 4.78 is 35.9. The number of alkyl halides is 3. The number of benzene rings is 1. The average Bonchev–Trinajstić information content (AvgIpc) is 2.16. The van der Waals surface area contributed by atoms with E-state index in [1.807, 2.05) is 0 Å². The Balaban J connectivity index is 2.86. The maximum absolute atomic E-state index is 12.1. The van der Waals surface area contributed by atoms with Crippen LogP contribution in [-0.4, -0.2) is 17.4 Å². The topological polar surface area (TPSA) is 20.2 Å². The Labute approximate surface area is 93.4 Å². The minimum atomic E-state index is -4.65. The van der Waals surface area contributed by atoms with Gasteiger partial charge in [0.15, 0.2) is 6.10 Å². The highest BCUT2D eigenvalue weighted by atomic mass is 79.9. The molecule has 1 rings (SSSR count). The summed E-state index contributed by atoms with van der Waals surface area (Å²) in [5.41, 5.74) is 0.590. The van der Waals surface area contributed by atoms with Gasteiger partial charge in [0.25, 0.3) is 0 Å². The fourth-order valence-corrected chi connectivity index (χ4v) is 1.47. The maximum Gasteiger partial charge on any atom is 0.419 e. The van der Waals surface area contributed by atoms with Crippen molar-refractivity contribution in [1.29, 1.82) is 0 Å². The third kappa shape index (κ3) is 3.68. The number of aliphatic hydroxyl groups is 1. The zero-order valence-corrected chi connectivity index (χ0v) is 9.09. The SMILES string of the molecule is OC(/C(Br)=C/c1ccccc1)C(F)(F)F. The van der Waals surface area contributed by atoms with Crippen molar-refractivity contribution in [2.45, 2.75) is 12.3 Å². The smallest absolute Gasteiger partial charge is 0.379 e. The lowest BCUT2D eigenvalue weighted by Crippen LogP contribution is -2.28. The predicted molar refractivity (Wildman–Crippen MR) is 55.4 cm³/mol. The van der Waals surface area contributed by atoms with E-state index in [2.05, 4.69) is 15.9 Å². The Kier molecular flexibility index (Phi) is 3.93. The molecule has 0 heterocycles. The fourth-order valence-electron chi connectivity index (χ4n) is 0.944. The highest BCUT2D eigenvalue weighted by molar-refractivity contribution is 9.11. The van der Waals surface area contributed by atoms with Crippen LogP contribution in [0.3, 0.4) is 0 Å². The van der Waals surface area contributed by atoms with Crippen LogP contribution in [0.2, 0.25) is 0 Å². The highest BCUT2D eigenvalue weighted by Crippen LogP contribution is 2.29. The molecule has 0 radical (unpaired) electrons. The minimum Gasteiger partial charge on any atom is -0.379 e. The molecule has 1 unspecified atom stereocenters. The monoisotopic (exact) mass is 280 g/mol. The maximum atomic E-state index is 12.1. The molecular formula is C10H8BrF3O. The lowest BCUT2D eigenvalue weighted by Gasteiger charge is -2.13. The molecule has 1 nitrogen and oxygen atoms in total. The molecule has 0 spiro atoms. The molecule has 0 fully saturated rings. The van der Waals surface area contributed by atoms with E-state index in [-0.39, 0.29) is 4.48 Å².